The summed E-state index contributed by atoms with van der Waals surface area (Å²) in [6.07, 6.45) is 8.76. The van der Waals surface area contributed by atoms with Crippen LogP contribution in [-0.4, -0.2) is 14.5 Å². The standard InChI is InChI=1S/C15H14N4S/c1-10-17-14(9-20-10)15-18-13(8-19(15)2)12-5-3-11(7-16)4-6-12/h3,5-6,8-9,11H,4H2,1-2H3. The first-order valence-electron chi connectivity index (χ1n) is 6.41. The molecule has 20 heavy (non-hydrogen) atoms. The number of hydrogen-bond acceptors (Lipinski definition) is 4. The van der Waals surface area contributed by atoms with Gasteiger partial charge in [0.25, 0.3) is 0 Å². The molecule has 1 aliphatic carbocycles. The third-order valence-electron chi connectivity index (χ3n) is 3.29. The lowest BCUT2D eigenvalue weighted by Crippen LogP contribution is -1.96. The molecule has 0 aromatic carbocycles. The molecule has 4 nitrogen and oxygen atoms in total. The van der Waals surface area contributed by atoms with Crippen LogP contribution in [0.5, 0.6) is 0 Å². The highest BCUT2D eigenvalue weighted by Crippen LogP contribution is 2.26. The van der Waals surface area contributed by atoms with E-state index in [1.807, 2.05) is 42.3 Å². The average molecular weight is 282 g/mol. The summed E-state index contributed by atoms with van der Waals surface area (Å²) in [5, 5.41) is 12.0. The van der Waals surface area contributed by atoms with Crippen molar-refractivity contribution in [1.82, 2.24) is 14.5 Å². The molecule has 5 heteroatoms. The molecular weight excluding hydrogens is 268 g/mol. The second kappa shape index (κ2) is 5.06. The van der Waals surface area contributed by atoms with Crippen molar-refractivity contribution in [2.24, 2.45) is 13.0 Å². The molecule has 2 heterocycles. The van der Waals surface area contributed by atoms with Crippen molar-refractivity contribution in [2.45, 2.75) is 13.3 Å². The largest absolute Gasteiger partial charge is 0.332 e. The highest BCUT2D eigenvalue weighted by atomic mass is 32.1. The fourth-order valence-electron chi connectivity index (χ4n) is 2.22. The van der Waals surface area contributed by atoms with Crippen LogP contribution in [-0.2, 0) is 7.05 Å². The van der Waals surface area contributed by atoms with Crippen LogP contribution in [0, 0.1) is 24.2 Å². The Morgan fingerprint density at radius 1 is 1.40 bits per heavy atom. The van der Waals surface area contributed by atoms with Crippen molar-refractivity contribution in [3.8, 4) is 17.6 Å². The Morgan fingerprint density at radius 3 is 2.85 bits per heavy atom. The Morgan fingerprint density at radius 2 is 2.25 bits per heavy atom. The molecule has 100 valence electrons. The first kappa shape index (κ1) is 12.8. The molecule has 1 aliphatic rings. The smallest absolute Gasteiger partial charge is 0.159 e. The first-order valence-corrected chi connectivity index (χ1v) is 7.29. The Kier molecular flexibility index (Phi) is 3.25. The molecule has 2 aromatic heterocycles. The van der Waals surface area contributed by atoms with Crippen LogP contribution >= 0.6 is 11.3 Å². The highest BCUT2D eigenvalue weighted by Gasteiger charge is 2.14. The molecule has 0 saturated heterocycles. The van der Waals surface area contributed by atoms with Gasteiger partial charge in [0, 0.05) is 18.6 Å². The number of rotatable bonds is 2. The van der Waals surface area contributed by atoms with E-state index in [1.165, 1.54) is 0 Å². The molecule has 0 amide bonds. The Labute approximate surface area is 121 Å². The maximum Gasteiger partial charge on any atom is 0.159 e. The quantitative estimate of drug-likeness (QED) is 0.849. The van der Waals surface area contributed by atoms with Crippen molar-refractivity contribution in [1.29, 1.82) is 5.26 Å². The monoisotopic (exact) mass is 282 g/mol. The Bertz CT molecular complexity index is 742. The lowest BCUT2D eigenvalue weighted by atomic mass is 9.97. The minimum atomic E-state index is -0.0110. The summed E-state index contributed by atoms with van der Waals surface area (Å²) in [7, 11) is 1.98. The van der Waals surface area contributed by atoms with Crippen LogP contribution < -0.4 is 0 Å². The van der Waals surface area contributed by atoms with E-state index in [9.17, 15) is 0 Å². The number of imidazole rings is 1. The van der Waals surface area contributed by atoms with Gasteiger partial charge in [-0.3, -0.25) is 0 Å². The van der Waals surface area contributed by atoms with Crippen molar-refractivity contribution < 1.29 is 0 Å². The van der Waals surface area contributed by atoms with Gasteiger partial charge in [-0.2, -0.15) is 5.26 Å². The van der Waals surface area contributed by atoms with E-state index in [1.54, 1.807) is 11.3 Å². The number of hydrogen-bond donors (Lipinski definition) is 0. The van der Waals surface area contributed by atoms with E-state index in [4.69, 9.17) is 5.26 Å². The predicted octanol–water partition coefficient (Wildman–Crippen LogP) is 3.34. The normalized spacial score (nSPS) is 17.9. The molecular formula is C15H14N4S. The SMILES string of the molecule is Cc1nc(-c2nc(C3=CCC(C#N)C=C3)cn2C)cs1. The number of nitriles is 1. The lowest BCUT2D eigenvalue weighted by molar-refractivity contribution is 0.840. The molecule has 0 N–H and O–H groups in total. The summed E-state index contributed by atoms with van der Waals surface area (Å²) in [5.41, 5.74) is 2.92. The molecule has 1 atom stereocenters. The first-order chi connectivity index (χ1) is 9.67. The van der Waals surface area contributed by atoms with E-state index in [0.29, 0.717) is 0 Å². The van der Waals surface area contributed by atoms with Gasteiger partial charge < -0.3 is 4.57 Å². The van der Waals surface area contributed by atoms with Crippen LogP contribution in [0.25, 0.3) is 17.1 Å². The third kappa shape index (κ3) is 2.30. The zero-order chi connectivity index (χ0) is 14.1. The molecule has 0 saturated carbocycles. The molecule has 0 bridgehead atoms. The van der Waals surface area contributed by atoms with Gasteiger partial charge in [0.2, 0.25) is 0 Å². The van der Waals surface area contributed by atoms with Gasteiger partial charge in [-0.1, -0.05) is 18.2 Å². The van der Waals surface area contributed by atoms with Gasteiger partial charge in [0.1, 0.15) is 5.69 Å². The summed E-state index contributed by atoms with van der Waals surface area (Å²) in [6, 6.07) is 2.26. The topological polar surface area (TPSA) is 54.5 Å². The van der Waals surface area contributed by atoms with Crippen molar-refractivity contribution in [3.05, 3.63) is 40.5 Å². The van der Waals surface area contributed by atoms with Crippen LogP contribution in [0.1, 0.15) is 17.1 Å². The fourth-order valence-corrected chi connectivity index (χ4v) is 2.81. The fraction of sp³-hybridized carbons (Fsp3) is 0.267. The van der Waals surface area contributed by atoms with Gasteiger partial charge >= 0.3 is 0 Å². The maximum atomic E-state index is 8.89. The number of aromatic nitrogens is 3. The van der Waals surface area contributed by atoms with E-state index in [2.05, 4.69) is 22.1 Å². The van der Waals surface area contributed by atoms with Crippen LogP contribution in [0.15, 0.2) is 29.8 Å². The van der Waals surface area contributed by atoms with Crippen molar-refractivity contribution in [2.75, 3.05) is 0 Å². The number of allylic oxidation sites excluding steroid dienone is 4. The molecule has 0 spiro atoms. The van der Waals surface area contributed by atoms with E-state index in [-0.39, 0.29) is 5.92 Å². The summed E-state index contributed by atoms with van der Waals surface area (Å²) >= 11 is 1.63. The summed E-state index contributed by atoms with van der Waals surface area (Å²) in [6.45, 7) is 1.99. The Balaban J connectivity index is 1.93. The second-order valence-corrected chi connectivity index (χ2v) is 5.86. The van der Waals surface area contributed by atoms with Gasteiger partial charge in [-0.15, -0.1) is 11.3 Å². The van der Waals surface area contributed by atoms with Crippen LogP contribution in [0.4, 0.5) is 0 Å². The van der Waals surface area contributed by atoms with E-state index >= 15 is 0 Å². The zero-order valence-corrected chi connectivity index (χ0v) is 12.2. The van der Waals surface area contributed by atoms with Gasteiger partial charge in [-0.25, -0.2) is 9.97 Å². The van der Waals surface area contributed by atoms with E-state index in [0.717, 1.165) is 34.2 Å². The number of nitrogens with zero attached hydrogens (tertiary/aromatic N) is 4. The minimum Gasteiger partial charge on any atom is -0.332 e. The van der Waals surface area contributed by atoms with E-state index < -0.39 is 0 Å². The molecule has 3 rings (SSSR count). The predicted molar refractivity (Wildman–Crippen MR) is 79.9 cm³/mol. The number of thiazole rings is 1. The van der Waals surface area contributed by atoms with Crippen LogP contribution in [0.3, 0.4) is 0 Å². The van der Waals surface area contributed by atoms with Crippen LogP contribution in [0.2, 0.25) is 0 Å². The van der Waals surface area contributed by atoms with Crippen molar-refractivity contribution in [3.63, 3.8) is 0 Å². The number of aryl methyl sites for hydroxylation is 2. The Hall–Kier alpha value is -2.19. The molecule has 0 radical (unpaired) electrons. The average Bonchev–Trinajstić information content (AvgIpc) is 3.05. The minimum absolute atomic E-state index is 0.0110. The van der Waals surface area contributed by atoms with Gasteiger partial charge in [-0.05, 0) is 18.9 Å². The molecule has 1 unspecified atom stereocenters. The lowest BCUT2D eigenvalue weighted by Gasteiger charge is -2.07. The summed E-state index contributed by atoms with van der Waals surface area (Å²) in [4.78, 5) is 9.15. The highest BCUT2D eigenvalue weighted by molar-refractivity contribution is 7.09. The summed E-state index contributed by atoms with van der Waals surface area (Å²) in [5.74, 6) is 0.865. The van der Waals surface area contributed by atoms with Gasteiger partial charge in [0.15, 0.2) is 5.82 Å². The van der Waals surface area contributed by atoms with Crippen molar-refractivity contribution >= 4 is 16.9 Å². The molecule has 2 aromatic rings. The third-order valence-corrected chi connectivity index (χ3v) is 4.06. The zero-order valence-electron chi connectivity index (χ0n) is 11.4. The molecule has 0 aliphatic heterocycles. The second-order valence-electron chi connectivity index (χ2n) is 4.80. The summed E-state index contributed by atoms with van der Waals surface area (Å²) < 4.78 is 1.99. The maximum absolute atomic E-state index is 8.89. The molecule has 0 fully saturated rings. The van der Waals surface area contributed by atoms with Gasteiger partial charge in [0.05, 0.1) is 22.7 Å².